The number of aryl methyl sites for hydroxylation is 1. The number of nitrogens with two attached hydrogens (primary N) is 1. The molecule has 0 saturated heterocycles. The van der Waals surface area contributed by atoms with E-state index in [1.54, 1.807) is 24.5 Å². The molecule has 0 spiro atoms. The predicted molar refractivity (Wildman–Crippen MR) is 81.1 cm³/mol. The molecule has 2 aromatic rings. The van der Waals surface area contributed by atoms with E-state index in [9.17, 15) is 4.79 Å². The third kappa shape index (κ3) is 4.59. The van der Waals surface area contributed by atoms with Gasteiger partial charge < -0.3 is 15.3 Å². The molecule has 2 rings (SSSR count). The molecule has 6 nitrogen and oxygen atoms in total. The fourth-order valence-corrected chi connectivity index (χ4v) is 1.70. The van der Waals surface area contributed by atoms with E-state index in [1.165, 1.54) is 5.56 Å². The topological polar surface area (TPSA) is 88.0 Å². The van der Waals surface area contributed by atoms with Gasteiger partial charge in [0.25, 0.3) is 0 Å². The third-order valence-electron chi connectivity index (χ3n) is 2.94. The number of H-pyrrole nitrogens is 1. The molecule has 6 heteroatoms. The van der Waals surface area contributed by atoms with E-state index >= 15 is 0 Å². The zero-order valence-corrected chi connectivity index (χ0v) is 12.3. The minimum atomic E-state index is -0.623. The second kappa shape index (κ2) is 7.78. The SMILES string of the molecule is CCc1ccc(OCC(=O)ON=C(N)c2ccc[nH+]c2)cc1. The zero-order valence-electron chi connectivity index (χ0n) is 12.3. The quantitative estimate of drug-likeness (QED) is 0.377. The fourth-order valence-electron chi connectivity index (χ4n) is 1.70. The summed E-state index contributed by atoms with van der Waals surface area (Å²) >= 11 is 0. The van der Waals surface area contributed by atoms with Gasteiger partial charge in [-0.1, -0.05) is 24.2 Å². The molecule has 1 aromatic heterocycles. The maximum atomic E-state index is 11.6. The monoisotopic (exact) mass is 300 g/mol. The second-order valence-corrected chi connectivity index (χ2v) is 4.52. The third-order valence-corrected chi connectivity index (χ3v) is 2.94. The summed E-state index contributed by atoms with van der Waals surface area (Å²) in [4.78, 5) is 19.1. The van der Waals surface area contributed by atoms with E-state index in [2.05, 4.69) is 17.1 Å². The number of hydrogen-bond acceptors (Lipinski definition) is 4. The number of nitrogens with one attached hydrogen (secondary N) is 1. The minimum Gasteiger partial charge on any atom is -0.482 e. The van der Waals surface area contributed by atoms with Crippen molar-refractivity contribution < 1.29 is 19.4 Å². The average molecular weight is 300 g/mol. The summed E-state index contributed by atoms with van der Waals surface area (Å²) in [6.07, 6.45) is 4.34. The first-order valence-electron chi connectivity index (χ1n) is 6.90. The zero-order chi connectivity index (χ0) is 15.8. The number of rotatable bonds is 6. The van der Waals surface area contributed by atoms with Gasteiger partial charge in [0.05, 0.1) is 5.56 Å². The molecule has 22 heavy (non-hydrogen) atoms. The molecule has 0 aliphatic heterocycles. The standard InChI is InChI=1S/C16H17N3O3/c1-2-12-5-7-14(8-6-12)21-11-15(20)22-19-16(17)13-4-3-9-18-10-13/h3-10H,2,11H2,1H3,(H2,17,19)/p+1. The Labute approximate surface area is 128 Å². The highest BCUT2D eigenvalue weighted by Gasteiger charge is 2.07. The highest BCUT2D eigenvalue weighted by atomic mass is 16.7. The number of pyridine rings is 1. The normalized spacial score (nSPS) is 11.0. The summed E-state index contributed by atoms with van der Waals surface area (Å²) in [5.74, 6) is 0.0867. The van der Waals surface area contributed by atoms with E-state index in [0.717, 1.165) is 6.42 Å². The van der Waals surface area contributed by atoms with E-state index in [4.69, 9.17) is 15.3 Å². The lowest BCUT2D eigenvalue weighted by molar-refractivity contribution is -0.378. The van der Waals surface area contributed by atoms with Gasteiger partial charge >= 0.3 is 5.97 Å². The number of carbonyl (C=O) groups excluding carboxylic acids is 1. The van der Waals surface area contributed by atoms with Crippen LogP contribution in [-0.4, -0.2) is 18.4 Å². The van der Waals surface area contributed by atoms with Gasteiger partial charge in [0.1, 0.15) is 5.75 Å². The number of nitrogens with zero attached hydrogens (tertiary/aromatic N) is 1. The number of amidine groups is 1. The van der Waals surface area contributed by atoms with Crippen LogP contribution in [0.5, 0.6) is 5.75 Å². The fraction of sp³-hybridized carbons (Fsp3) is 0.188. The minimum absolute atomic E-state index is 0.109. The number of aromatic amines is 1. The largest absolute Gasteiger partial charge is 0.482 e. The number of ether oxygens (including phenoxy) is 1. The molecule has 0 saturated carbocycles. The van der Waals surface area contributed by atoms with Crippen molar-refractivity contribution in [3.8, 4) is 5.75 Å². The molecule has 114 valence electrons. The molecule has 0 radical (unpaired) electrons. The van der Waals surface area contributed by atoms with Crippen LogP contribution in [0, 0.1) is 0 Å². The van der Waals surface area contributed by atoms with Crippen molar-refractivity contribution in [3.05, 3.63) is 59.9 Å². The summed E-state index contributed by atoms with van der Waals surface area (Å²) < 4.78 is 5.31. The van der Waals surface area contributed by atoms with Crippen LogP contribution in [0.15, 0.2) is 53.9 Å². The molecule has 0 unspecified atom stereocenters. The molecule has 0 fully saturated rings. The van der Waals surface area contributed by atoms with Crippen LogP contribution in [0.3, 0.4) is 0 Å². The van der Waals surface area contributed by atoms with Crippen LogP contribution >= 0.6 is 0 Å². The first-order chi connectivity index (χ1) is 10.7. The lowest BCUT2D eigenvalue weighted by Crippen LogP contribution is -2.19. The molecule has 0 aliphatic carbocycles. The summed E-state index contributed by atoms with van der Waals surface area (Å²) in [5.41, 5.74) is 7.53. The van der Waals surface area contributed by atoms with Crippen molar-refractivity contribution >= 4 is 11.8 Å². The number of benzene rings is 1. The Hall–Kier alpha value is -2.89. The van der Waals surface area contributed by atoms with Crippen LogP contribution in [0.2, 0.25) is 0 Å². The van der Waals surface area contributed by atoms with E-state index in [1.807, 2.05) is 24.3 Å². The van der Waals surface area contributed by atoms with Crippen molar-refractivity contribution in [1.82, 2.24) is 0 Å². The lowest BCUT2D eigenvalue weighted by atomic mass is 10.2. The molecule has 1 heterocycles. The lowest BCUT2D eigenvalue weighted by Gasteiger charge is -2.05. The summed E-state index contributed by atoms with van der Waals surface area (Å²) in [6.45, 7) is 1.84. The number of carbonyl (C=O) groups is 1. The first kappa shape index (κ1) is 15.5. The molecule has 0 aliphatic rings. The molecule has 0 bridgehead atoms. The Kier molecular flexibility index (Phi) is 5.48. The molecule has 3 N–H and O–H groups in total. The summed E-state index contributed by atoms with van der Waals surface area (Å²) in [7, 11) is 0. The van der Waals surface area contributed by atoms with Crippen molar-refractivity contribution in [2.24, 2.45) is 10.9 Å². The van der Waals surface area contributed by atoms with E-state index in [0.29, 0.717) is 11.3 Å². The maximum Gasteiger partial charge on any atom is 0.372 e. The van der Waals surface area contributed by atoms with Gasteiger partial charge in [-0.25, -0.2) is 9.78 Å². The average Bonchev–Trinajstić information content (AvgIpc) is 2.59. The van der Waals surface area contributed by atoms with Gasteiger partial charge in [0.15, 0.2) is 24.8 Å². The van der Waals surface area contributed by atoms with Crippen molar-refractivity contribution in [1.29, 1.82) is 0 Å². The van der Waals surface area contributed by atoms with E-state index < -0.39 is 5.97 Å². The molecular weight excluding hydrogens is 282 g/mol. The molecule has 1 aromatic carbocycles. The highest BCUT2D eigenvalue weighted by Crippen LogP contribution is 2.12. The van der Waals surface area contributed by atoms with Gasteiger partial charge in [-0.3, -0.25) is 0 Å². The van der Waals surface area contributed by atoms with Crippen molar-refractivity contribution in [3.63, 3.8) is 0 Å². The number of aromatic nitrogens is 1. The number of oxime groups is 1. The van der Waals surface area contributed by atoms with Gasteiger partial charge in [0.2, 0.25) is 0 Å². The maximum absolute atomic E-state index is 11.6. The van der Waals surface area contributed by atoms with Gasteiger partial charge in [-0.2, -0.15) is 0 Å². The summed E-state index contributed by atoms with van der Waals surface area (Å²) in [5, 5.41) is 3.58. The van der Waals surface area contributed by atoms with Crippen molar-refractivity contribution in [2.75, 3.05) is 6.61 Å². The highest BCUT2D eigenvalue weighted by molar-refractivity contribution is 5.96. The Balaban J connectivity index is 1.82. The Morgan fingerprint density at radius 2 is 2.05 bits per heavy atom. The van der Waals surface area contributed by atoms with Gasteiger partial charge in [-0.05, 0) is 30.2 Å². The van der Waals surface area contributed by atoms with Crippen LogP contribution < -0.4 is 15.5 Å². The predicted octanol–water partition coefficient (Wildman–Crippen LogP) is 1.31. The molecular formula is C16H18N3O3+. The van der Waals surface area contributed by atoms with Crippen LogP contribution in [0.25, 0.3) is 0 Å². The number of hydrogen-bond donors (Lipinski definition) is 1. The second-order valence-electron chi connectivity index (χ2n) is 4.52. The van der Waals surface area contributed by atoms with Crippen LogP contribution in [-0.2, 0) is 16.1 Å². The van der Waals surface area contributed by atoms with Crippen molar-refractivity contribution in [2.45, 2.75) is 13.3 Å². The Bertz CT molecular complexity index is 639. The summed E-state index contributed by atoms with van der Waals surface area (Å²) in [6, 6.07) is 11.0. The smallest absolute Gasteiger partial charge is 0.372 e. The molecule has 0 amide bonds. The van der Waals surface area contributed by atoms with Gasteiger partial charge in [0, 0.05) is 6.07 Å². The Morgan fingerprint density at radius 3 is 2.68 bits per heavy atom. The van der Waals surface area contributed by atoms with E-state index in [-0.39, 0.29) is 12.4 Å². The molecule has 0 atom stereocenters. The van der Waals surface area contributed by atoms with Gasteiger partial charge in [-0.15, -0.1) is 0 Å². The Morgan fingerprint density at radius 1 is 1.27 bits per heavy atom. The first-order valence-corrected chi connectivity index (χ1v) is 6.90. The van der Waals surface area contributed by atoms with Crippen LogP contribution in [0.4, 0.5) is 0 Å². The van der Waals surface area contributed by atoms with Crippen LogP contribution in [0.1, 0.15) is 18.1 Å².